The average Bonchev–Trinajstić information content (AvgIpc) is 3.02. The SMILES string of the molecule is Cn1c(=O)c2c(ncn2CCOc2ccc(C(=O)O)cc2)n(C)c1=O. The molecule has 3 aromatic rings. The Labute approximate surface area is 141 Å². The molecular formula is C16H16N4O5. The summed E-state index contributed by atoms with van der Waals surface area (Å²) < 4.78 is 9.55. The van der Waals surface area contributed by atoms with Crippen LogP contribution in [0.3, 0.4) is 0 Å². The molecule has 0 amide bonds. The molecule has 130 valence electrons. The van der Waals surface area contributed by atoms with Crippen molar-refractivity contribution in [2.45, 2.75) is 6.54 Å². The minimum absolute atomic E-state index is 0.178. The number of hydrogen-bond donors (Lipinski definition) is 1. The molecule has 3 rings (SSSR count). The zero-order valence-corrected chi connectivity index (χ0v) is 13.7. The lowest BCUT2D eigenvalue weighted by molar-refractivity contribution is 0.0697. The predicted octanol–water partition coefficient (Wildman–Crippen LogP) is 0.211. The van der Waals surface area contributed by atoms with Gasteiger partial charge < -0.3 is 14.4 Å². The van der Waals surface area contributed by atoms with Crippen molar-refractivity contribution < 1.29 is 14.6 Å². The van der Waals surface area contributed by atoms with E-state index in [9.17, 15) is 14.4 Å². The van der Waals surface area contributed by atoms with E-state index in [0.29, 0.717) is 23.5 Å². The number of benzene rings is 1. The highest BCUT2D eigenvalue weighted by molar-refractivity contribution is 5.87. The monoisotopic (exact) mass is 344 g/mol. The predicted molar refractivity (Wildman–Crippen MR) is 89.1 cm³/mol. The highest BCUT2D eigenvalue weighted by atomic mass is 16.5. The van der Waals surface area contributed by atoms with Crippen LogP contribution in [0.25, 0.3) is 11.2 Å². The van der Waals surface area contributed by atoms with Gasteiger partial charge >= 0.3 is 11.7 Å². The van der Waals surface area contributed by atoms with Gasteiger partial charge in [-0.25, -0.2) is 14.6 Å². The number of carboxylic acid groups (broad SMARTS) is 1. The molecule has 0 aliphatic heterocycles. The van der Waals surface area contributed by atoms with Crippen LogP contribution >= 0.6 is 0 Å². The summed E-state index contributed by atoms with van der Waals surface area (Å²) >= 11 is 0. The van der Waals surface area contributed by atoms with Gasteiger partial charge in [0.2, 0.25) is 0 Å². The standard InChI is InChI=1S/C16H16N4O5/c1-18-13-12(14(21)19(2)16(18)24)20(9-17-13)7-8-25-11-5-3-10(4-6-11)15(22)23/h3-6,9H,7-8H2,1-2H3,(H,22,23). The largest absolute Gasteiger partial charge is 0.492 e. The minimum Gasteiger partial charge on any atom is -0.492 e. The van der Waals surface area contributed by atoms with E-state index in [1.54, 1.807) is 23.7 Å². The molecule has 0 radical (unpaired) electrons. The van der Waals surface area contributed by atoms with Crippen molar-refractivity contribution in [1.29, 1.82) is 0 Å². The second-order valence-corrected chi connectivity index (χ2v) is 5.49. The molecule has 1 aromatic carbocycles. The zero-order valence-electron chi connectivity index (χ0n) is 13.7. The molecule has 0 spiro atoms. The van der Waals surface area contributed by atoms with Gasteiger partial charge in [-0.1, -0.05) is 0 Å². The summed E-state index contributed by atoms with van der Waals surface area (Å²) in [6.45, 7) is 0.606. The van der Waals surface area contributed by atoms with E-state index >= 15 is 0 Å². The molecular weight excluding hydrogens is 328 g/mol. The first-order chi connectivity index (χ1) is 11.9. The molecule has 2 aromatic heterocycles. The van der Waals surface area contributed by atoms with Crippen molar-refractivity contribution in [2.75, 3.05) is 6.61 Å². The topological polar surface area (TPSA) is 108 Å². The van der Waals surface area contributed by atoms with Crippen LogP contribution in [-0.4, -0.2) is 36.4 Å². The Kier molecular flexibility index (Phi) is 4.14. The number of carboxylic acids is 1. The molecule has 1 N–H and O–H groups in total. The Morgan fingerprint density at radius 2 is 1.84 bits per heavy atom. The Balaban J connectivity index is 1.79. The Morgan fingerprint density at radius 1 is 1.16 bits per heavy atom. The van der Waals surface area contributed by atoms with Crippen molar-refractivity contribution >= 4 is 17.1 Å². The molecule has 9 nitrogen and oxygen atoms in total. The normalized spacial score (nSPS) is 11.0. The van der Waals surface area contributed by atoms with Gasteiger partial charge in [0.15, 0.2) is 11.2 Å². The number of aromatic nitrogens is 4. The van der Waals surface area contributed by atoms with E-state index in [1.165, 1.54) is 30.1 Å². The van der Waals surface area contributed by atoms with Gasteiger partial charge in [-0.05, 0) is 24.3 Å². The minimum atomic E-state index is -1.00. The third-order valence-corrected chi connectivity index (χ3v) is 3.92. The summed E-state index contributed by atoms with van der Waals surface area (Å²) in [6.07, 6.45) is 1.49. The number of aromatic carboxylic acids is 1. The van der Waals surface area contributed by atoms with Crippen molar-refractivity contribution in [3.63, 3.8) is 0 Å². The third-order valence-electron chi connectivity index (χ3n) is 3.92. The van der Waals surface area contributed by atoms with Gasteiger partial charge in [-0.3, -0.25) is 13.9 Å². The van der Waals surface area contributed by atoms with E-state index in [2.05, 4.69) is 4.98 Å². The van der Waals surface area contributed by atoms with Gasteiger partial charge in [0, 0.05) is 14.1 Å². The first-order valence-electron chi connectivity index (χ1n) is 7.47. The number of aryl methyl sites for hydroxylation is 1. The van der Waals surface area contributed by atoms with Crippen LogP contribution in [0, 0.1) is 0 Å². The zero-order chi connectivity index (χ0) is 18.1. The number of nitrogens with zero attached hydrogens (tertiary/aromatic N) is 4. The smallest absolute Gasteiger partial charge is 0.335 e. The third kappa shape index (κ3) is 2.91. The molecule has 0 unspecified atom stereocenters. The highest BCUT2D eigenvalue weighted by Crippen LogP contribution is 2.12. The van der Waals surface area contributed by atoms with Crippen LogP contribution in [0.15, 0.2) is 40.2 Å². The summed E-state index contributed by atoms with van der Waals surface area (Å²) in [5.74, 6) is -0.479. The van der Waals surface area contributed by atoms with E-state index in [0.717, 1.165) is 4.57 Å². The van der Waals surface area contributed by atoms with Crippen molar-refractivity contribution in [2.24, 2.45) is 14.1 Å². The number of imidazole rings is 1. The fourth-order valence-electron chi connectivity index (χ4n) is 2.52. The number of rotatable bonds is 5. The molecule has 2 heterocycles. The van der Waals surface area contributed by atoms with Crippen molar-refractivity contribution in [1.82, 2.24) is 18.7 Å². The average molecular weight is 344 g/mol. The van der Waals surface area contributed by atoms with Gasteiger partial charge in [0.1, 0.15) is 12.4 Å². The van der Waals surface area contributed by atoms with Crippen LogP contribution in [0.5, 0.6) is 5.75 Å². The number of ether oxygens (including phenoxy) is 1. The molecule has 0 saturated carbocycles. The summed E-state index contributed by atoms with van der Waals surface area (Å²) in [4.78, 5) is 39.1. The Bertz CT molecular complexity index is 1060. The highest BCUT2D eigenvalue weighted by Gasteiger charge is 2.14. The molecule has 0 atom stereocenters. The Morgan fingerprint density at radius 3 is 2.48 bits per heavy atom. The number of carbonyl (C=O) groups is 1. The first kappa shape index (κ1) is 16.5. The summed E-state index contributed by atoms with van der Waals surface area (Å²) in [5, 5.41) is 8.86. The van der Waals surface area contributed by atoms with Crippen LogP contribution in [-0.2, 0) is 20.6 Å². The quantitative estimate of drug-likeness (QED) is 0.709. The fraction of sp³-hybridized carbons (Fsp3) is 0.250. The molecule has 0 fully saturated rings. The van der Waals surface area contributed by atoms with Crippen LogP contribution in [0.2, 0.25) is 0 Å². The summed E-state index contributed by atoms with van der Waals surface area (Å²) in [5.41, 5.74) is -0.0235. The van der Waals surface area contributed by atoms with E-state index in [4.69, 9.17) is 9.84 Å². The number of fused-ring (bicyclic) bond motifs is 1. The molecule has 0 aliphatic rings. The van der Waals surface area contributed by atoms with E-state index in [1.807, 2.05) is 0 Å². The van der Waals surface area contributed by atoms with E-state index in [-0.39, 0.29) is 12.2 Å². The Hall–Kier alpha value is -3.36. The number of hydrogen-bond acceptors (Lipinski definition) is 5. The molecule has 0 aliphatic carbocycles. The lowest BCUT2D eigenvalue weighted by Gasteiger charge is -2.08. The molecule has 0 saturated heterocycles. The second-order valence-electron chi connectivity index (χ2n) is 5.49. The van der Waals surface area contributed by atoms with Gasteiger partial charge in [-0.2, -0.15) is 0 Å². The molecule has 25 heavy (non-hydrogen) atoms. The lowest BCUT2D eigenvalue weighted by Crippen LogP contribution is -2.37. The lowest BCUT2D eigenvalue weighted by atomic mass is 10.2. The van der Waals surface area contributed by atoms with Gasteiger partial charge in [0.05, 0.1) is 18.4 Å². The maximum Gasteiger partial charge on any atom is 0.335 e. The summed E-state index contributed by atoms with van der Waals surface area (Å²) in [7, 11) is 2.98. The van der Waals surface area contributed by atoms with Gasteiger partial charge in [-0.15, -0.1) is 0 Å². The first-order valence-corrected chi connectivity index (χ1v) is 7.47. The summed E-state index contributed by atoms with van der Waals surface area (Å²) in [6, 6.07) is 6.04. The molecule has 9 heteroatoms. The fourth-order valence-corrected chi connectivity index (χ4v) is 2.52. The van der Waals surface area contributed by atoms with E-state index < -0.39 is 17.2 Å². The maximum atomic E-state index is 12.3. The van der Waals surface area contributed by atoms with Crippen LogP contribution in [0.1, 0.15) is 10.4 Å². The van der Waals surface area contributed by atoms with Crippen LogP contribution < -0.4 is 16.0 Å². The maximum absolute atomic E-state index is 12.3. The molecule has 0 bridgehead atoms. The van der Waals surface area contributed by atoms with Crippen LogP contribution in [0.4, 0.5) is 0 Å². The van der Waals surface area contributed by atoms with Crippen molar-refractivity contribution in [3.8, 4) is 5.75 Å². The van der Waals surface area contributed by atoms with Gasteiger partial charge in [0.25, 0.3) is 5.56 Å². The van der Waals surface area contributed by atoms with Crippen molar-refractivity contribution in [3.05, 3.63) is 57.0 Å². The second kappa shape index (κ2) is 6.27.